The van der Waals surface area contributed by atoms with Gasteiger partial charge in [0.05, 0.1) is 0 Å². The number of nitrogens with zero attached hydrogens (tertiary/aromatic N) is 3. The number of carbonyl (C=O) groups excluding carboxylic acids is 1. The predicted octanol–water partition coefficient (Wildman–Crippen LogP) is 2.16. The Balaban J connectivity index is 2.02. The zero-order chi connectivity index (χ0) is 16.1. The van der Waals surface area contributed by atoms with Crippen molar-refractivity contribution < 1.29 is 4.79 Å². The van der Waals surface area contributed by atoms with Crippen molar-refractivity contribution in [1.82, 2.24) is 15.3 Å². The first-order valence-electron chi connectivity index (χ1n) is 7.73. The third-order valence-electron chi connectivity index (χ3n) is 3.94. The van der Waals surface area contributed by atoms with E-state index in [-0.39, 0.29) is 11.8 Å². The lowest BCUT2D eigenvalue weighted by Crippen LogP contribution is -2.42. The van der Waals surface area contributed by atoms with Crippen molar-refractivity contribution in [3.63, 3.8) is 0 Å². The van der Waals surface area contributed by atoms with E-state index in [9.17, 15) is 4.79 Å². The molecule has 1 aliphatic heterocycles. The van der Waals surface area contributed by atoms with Crippen molar-refractivity contribution in [2.45, 2.75) is 26.7 Å². The molecule has 1 aliphatic rings. The van der Waals surface area contributed by atoms with Crippen LogP contribution in [0.4, 0.5) is 11.5 Å². The molecule has 1 atom stereocenters. The second kappa shape index (κ2) is 7.63. The minimum atomic E-state index is 0.0243. The van der Waals surface area contributed by atoms with Crippen LogP contribution in [0.2, 0.25) is 5.15 Å². The SMILES string of the molecule is CNc1c(Cl)ncnc1N1CCCC(CNC(=O)C(C)C)C1. The molecule has 1 fully saturated rings. The van der Waals surface area contributed by atoms with E-state index in [0.717, 1.165) is 37.4 Å². The van der Waals surface area contributed by atoms with Crippen LogP contribution in [0, 0.1) is 11.8 Å². The molecule has 0 bridgehead atoms. The number of nitrogens with one attached hydrogen (secondary N) is 2. The maximum absolute atomic E-state index is 11.7. The monoisotopic (exact) mass is 325 g/mol. The number of hydrogen-bond donors (Lipinski definition) is 2. The molecule has 1 saturated heterocycles. The molecule has 1 amide bonds. The number of rotatable bonds is 5. The van der Waals surface area contributed by atoms with Gasteiger partial charge < -0.3 is 15.5 Å². The summed E-state index contributed by atoms with van der Waals surface area (Å²) >= 11 is 6.13. The lowest BCUT2D eigenvalue weighted by Gasteiger charge is -2.34. The molecule has 2 N–H and O–H groups in total. The van der Waals surface area contributed by atoms with E-state index in [1.54, 1.807) is 0 Å². The van der Waals surface area contributed by atoms with Crippen LogP contribution < -0.4 is 15.5 Å². The van der Waals surface area contributed by atoms with Gasteiger partial charge in [-0.2, -0.15) is 0 Å². The molecule has 0 aliphatic carbocycles. The number of anilines is 2. The first-order valence-corrected chi connectivity index (χ1v) is 8.11. The second-order valence-corrected chi connectivity index (χ2v) is 6.33. The summed E-state index contributed by atoms with van der Waals surface area (Å²) < 4.78 is 0. The fourth-order valence-corrected chi connectivity index (χ4v) is 2.91. The Kier molecular flexibility index (Phi) is 5.83. The standard InChI is InChI=1S/C15H24ClN5O/c1-10(2)15(22)18-7-11-5-4-6-21(8-11)14-12(17-3)13(16)19-9-20-14/h9-11,17H,4-8H2,1-3H3,(H,18,22). The number of halogens is 1. The second-order valence-electron chi connectivity index (χ2n) is 5.97. The summed E-state index contributed by atoms with van der Waals surface area (Å²) in [6.45, 7) is 6.33. The minimum absolute atomic E-state index is 0.0243. The molecule has 0 spiro atoms. The summed E-state index contributed by atoms with van der Waals surface area (Å²) in [4.78, 5) is 22.3. The summed E-state index contributed by atoms with van der Waals surface area (Å²) in [6, 6.07) is 0. The molecule has 22 heavy (non-hydrogen) atoms. The molecular weight excluding hydrogens is 302 g/mol. The first-order chi connectivity index (χ1) is 10.5. The highest BCUT2D eigenvalue weighted by Crippen LogP contribution is 2.31. The Morgan fingerprint density at radius 1 is 1.50 bits per heavy atom. The number of aromatic nitrogens is 2. The van der Waals surface area contributed by atoms with Crippen LogP contribution in [-0.4, -0.2) is 42.6 Å². The third kappa shape index (κ3) is 4.00. The van der Waals surface area contributed by atoms with Crippen LogP contribution in [-0.2, 0) is 4.79 Å². The summed E-state index contributed by atoms with van der Waals surface area (Å²) in [5, 5.41) is 6.53. The van der Waals surface area contributed by atoms with E-state index in [2.05, 4.69) is 25.5 Å². The quantitative estimate of drug-likeness (QED) is 0.812. The number of piperidine rings is 1. The Morgan fingerprint density at radius 2 is 2.27 bits per heavy atom. The highest BCUT2D eigenvalue weighted by atomic mass is 35.5. The highest BCUT2D eigenvalue weighted by Gasteiger charge is 2.24. The van der Waals surface area contributed by atoms with Gasteiger partial charge in [0, 0.05) is 32.6 Å². The average Bonchev–Trinajstić information content (AvgIpc) is 2.52. The van der Waals surface area contributed by atoms with Gasteiger partial charge in [-0.05, 0) is 18.8 Å². The van der Waals surface area contributed by atoms with Gasteiger partial charge >= 0.3 is 0 Å². The highest BCUT2D eigenvalue weighted by molar-refractivity contribution is 6.32. The summed E-state index contributed by atoms with van der Waals surface area (Å²) in [7, 11) is 1.82. The molecule has 2 heterocycles. The van der Waals surface area contributed by atoms with Crippen LogP contribution in [0.3, 0.4) is 0 Å². The maximum Gasteiger partial charge on any atom is 0.222 e. The van der Waals surface area contributed by atoms with Gasteiger partial charge in [0.15, 0.2) is 11.0 Å². The summed E-state index contributed by atoms with van der Waals surface area (Å²) in [5.74, 6) is 1.40. The topological polar surface area (TPSA) is 70.2 Å². The van der Waals surface area contributed by atoms with E-state index >= 15 is 0 Å². The molecule has 122 valence electrons. The van der Waals surface area contributed by atoms with Gasteiger partial charge in [0.1, 0.15) is 12.0 Å². The van der Waals surface area contributed by atoms with Crippen molar-refractivity contribution in [2.24, 2.45) is 11.8 Å². The normalized spacial score (nSPS) is 18.4. The van der Waals surface area contributed by atoms with Gasteiger partial charge in [-0.25, -0.2) is 9.97 Å². The molecule has 0 saturated carbocycles. The Morgan fingerprint density at radius 3 is 2.95 bits per heavy atom. The molecule has 1 aromatic rings. The number of carbonyl (C=O) groups is 1. The smallest absolute Gasteiger partial charge is 0.222 e. The van der Waals surface area contributed by atoms with Gasteiger partial charge in [-0.3, -0.25) is 4.79 Å². The van der Waals surface area contributed by atoms with Crippen LogP contribution in [0.15, 0.2) is 6.33 Å². The Labute approximate surface area is 136 Å². The predicted molar refractivity (Wildman–Crippen MR) is 89.4 cm³/mol. The third-order valence-corrected chi connectivity index (χ3v) is 4.23. The van der Waals surface area contributed by atoms with Crippen molar-refractivity contribution in [1.29, 1.82) is 0 Å². The van der Waals surface area contributed by atoms with E-state index in [1.807, 2.05) is 20.9 Å². The summed E-state index contributed by atoms with van der Waals surface area (Å²) in [6.07, 6.45) is 3.68. The molecule has 1 unspecified atom stereocenters. The Bertz CT molecular complexity index is 523. The molecule has 1 aromatic heterocycles. The molecule has 0 aromatic carbocycles. The molecule has 6 nitrogen and oxygen atoms in total. The van der Waals surface area contributed by atoms with E-state index in [1.165, 1.54) is 6.33 Å². The average molecular weight is 326 g/mol. The Hall–Kier alpha value is -1.56. The largest absolute Gasteiger partial charge is 0.383 e. The van der Waals surface area contributed by atoms with Crippen LogP contribution >= 0.6 is 11.6 Å². The van der Waals surface area contributed by atoms with E-state index < -0.39 is 0 Å². The van der Waals surface area contributed by atoms with Crippen molar-refractivity contribution in [2.75, 3.05) is 36.9 Å². The lowest BCUT2D eigenvalue weighted by atomic mass is 9.97. The van der Waals surface area contributed by atoms with Crippen molar-refractivity contribution in [3.8, 4) is 0 Å². The minimum Gasteiger partial charge on any atom is -0.383 e. The van der Waals surface area contributed by atoms with Gasteiger partial charge in [-0.15, -0.1) is 0 Å². The van der Waals surface area contributed by atoms with Crippen molar-refractivity contribution in [3.05, 3.63) is 11.5 Å². The summed E-state index contributed by atoms with van der Waals surface area (Å²) in [5.41, 5.74) is 0.760. The molecular formula is C15H24ClN5O. The fourth-order valence-electron chi connectivity index (χ4n) is 2.68. The first kappa shape index (κ1) is 16.8. The van der Waals surface area contributed by atoms with Gasteiger partial charge in [-0.1, -0.05) is 25.4 Å². The van der Waals surface area contributed by atoms with Crippen LogP contribution in [0.25, 0.3) is 0 Å². The number of amides is 1. The van der Waals surface area contributed by atoms with Crippen LogP contribution in [0.5, 0.6) is 0 Å². The zero-order valence-electron chi connectivity index (χ0n) is 13.4. The van der Waals surface area contributed by atoms with Gasteiger partial charge in [0.25, 0.3) is 0 Å². The maximum atomic E-state index is 11.7. The molecule has 0 radical (unpaired) electrons. The molecule has 2 rings (SSSR count). The van der Waals surface area contributed by atoms with Gasteiger partial charge in [0.2, 0.25) is 5.91 Å². The zero-order valence-corrected chi connectivity index (χ0v) is 14.2. The van der Waals surface area contributed by atoms with Crippen molar-refractivity contribution >= 4 is 29.0 Å². The van der Waals surface area contributed by atoms with Crippen LogP contribution in [0.1, 0.15) is 26.7 Å². The molecule has 7 heteroatoms. The van der Waals surface area contributed by atoms with E-state index in [0.29, 0.717) is 17.6 Å². The van der Waals surface area contributed by atoms with E-state index in [4.69, 9.17) is 11.6 Å². The number of hydrogen-bond acceptors (Lipinski definition) is 5. The lowest BCUT2D eigenvalue weighted by molar-refractivity contribution is -0.124. The fraction of sp³-hybridized carbons (Fsp3) is 0.667.